The largest absolute Gasteiger partial charge is 0.492 e. The summed E-state index contributed by atoms with van der Waals surface area (Å²) < 4.78 is 11.2. The highest BCUT2D eigenvalue weighted by atomic mass is 16.5. The highest BCUT2D eigenvalue weighted by Crippen LogP contribution is 2.24. The van der Waals surface area contributed by atoms with Crippen LogP contribution in [0.2, 0.25) is 0 Å². The van der Waals surface area contributed by atoms with Gasteiger partial charge >= 0.3 is 0 Å². The van der Waals surface area contributed by atoms with Gasteiger partial charge < -0.3 is 14.8 Å². The number of ether oxygens (including phenoxy) is 2. The van der Waals surface area contributed by atoms with Crippen molar-refractivity contribution < 1.29 is 9.47 Å². The van der Waals surface area contributed by atoms with Crippen LogP contribution in [-0.4, -0.2) is 32.9 Å². The van der Waals surface area contributed by atoms with Gasteiger partial charge in [-0.1, -0.05) is 13.0 Å². The van der Waals surface area contributed by atoms with Gasteiger partial charge in [0.1, 0.15) is 12.4 Å². The summed E-state index contributed by atoms with van der Waals surface area (Å²) in [5.74, 6) is 0.996. The quantitative estimate of drug-likeness (QED) is 0.696. The molecule has 3 nitrogen and oxygen atoms in total. The fourth-order valence-electron chi connectivity index (χ4n) is 2.02. The Morgan fingerprint density at radius 2 is 1.84 bits per heavy atom. The van der Waals surface area contributed by atoms with Gasteiger partial charge in [0, 0.05) is 13.2 Å². The average Bonchev–Trinajstić information content (AvgIpc) is 2.42. The molecule has 1 N–H and O–H groups in total. The fraction of sp³-hybridized carbons (Fsp3) is 0.625. The molecule has 0 fully saturated rings. The van der Waals surface area contributed by atoms with Crippen molar-refractivity contribution in [3.63, 3.8) is 0 Å². The predicted octanol–water partition coefficient (Wildman–Crippen LogP) is 2.87. The van der Waals surface area contributed by atoms with E-state index in [4.69, 9.17) is 9.47 Å². The first-order valence-corrected chi connectivity index (χ1v) is 7.21. The Hall–Kier alpha value is -1.06. The molecule has 0 atom stereocenters. The van der Waals surface area contributed by atoms with Crippen molar-refractivity contribution >= 4 is 0 Å². The van der Waals surface area contributed by atoms with E-state index >= 15 is 0 Å². The molecule has 0 aromatic heterocycles. The van der Waals surface area contributed by atoms with Gasteiger partial charge in [0.15, 0.2) is 0 Å². The van der Waals surface area contributed by atoms with Crippen molar-refractivity contribution in [2.45, 2.75) is 34.1 Å². The maximum atomic E-state index is 5.81. The van der Waals surface area contributed by atoms with E-state index < -0.39 is 0 Å². The molecule has 0 heterocycles. The third-order valence-corrected chi connectivity index (χ3v) is 3.36. The Labute approximate surface area is 117 Å². The number of nitrogens with one attached hydrogen (secondary N) is 1. The summed E-state index contributed by atoms with van der Waals surface area (Å²) in [6.45, 7) is 12.6. The second kappa shape index (κ2) is 8.94. The molecule has 0 saturated carbocycles. The normalized spacial score (nSPS) is 10.7. The first-order chi connectivity index (χ1) is 9.20. The molecular formula is C16H27NO2. The maximum Gasteiger partial charge on any atom is 0.122 e. The van der Waals surface area contributed by atoms with Gasteiger partial charge in [0.2, 0.25) is 0 Å². The minimum absolute atomic E-state index is 0.715. The molecule has 1 rings (SSSR count). The SMILES string of the molecule is CCNCCOc1ccc(CCOCC)c(C)c1C. The lowest BCUT2D eigenvalue weighted by molar-refractivity contribution is 0.151. The molecule has 0 bridgehead atoms. The van der Waals surface area contributed by atoms with Crippen LogP contribution in [0, 0.1) is 13.8 Å². The van der Waals surface area contributed by atoms with Crippen molar-refractivity contribution in [1.29, 1.82) is 0 Å². The number of hydrogen-bond acceptors (Lipinski definition) is 3. The molecule has 0 aliphatic heterocycles. The number of hydrogen-bond donors (Lipinski definition) is 1. The van der Waals surface area contributed by atoms with Crippen LogP contribution in [0.5, 0.6) is 5.75 Å². The van der Waals surface area contributed by atoms with Gasteiger partial charge in [-0.05, 0) is 56.5 Å². The topological polar surface area (TPSA) is 30.5 Å². The van der Waals surface area contributed by atoms with Crippen molar-refractivity contribution in [3.8, 4) is 5.75 Å². The summed E-state index contributed by atoms with van der Waals surface area (Å²) in [5.41, 5.74) is 3.91. The lowest BCUT2D eigenvalue weighted by Gasteiger charge is -2.14. The van der Waals surface area contributed by atoms with Crippen molar-refractivity contribution in [3.05, 3.63) is 28.8 Å². The molecule has 0 spiro atoms. The predicted molar refractivity (Wildman–Crippen MR) is 80.2 cm³/mol. The lowest BCUT2D eigenvalue weighted by atomic mass is 10.0. The summed E-state index contributed by atoms with van der Waals surface area (Å²) in [7, 11) is 0. The molecule has 0 unspecified atom stereocenters. The molecule has 0 saturated heterocycles. The zero-order valence-corrected chi connectivity index (χ0v) is 12.7. The van der Waals surface area contributed by atoms with Crippen LogP contribution in [0.15, 0.2) is 12.1 Å². The van der Waals surface area contributed by atoms with Gasteiger partial charge in [0.25, 0.3) is 0 Å². The fourth-order valence-corrected chi connectivity index (χ4v) is 2.02. The minimum Gasteiger partial charge on any atom is -0.492 e. The van der Waals surface area contributed by atoms with Gasteiger partial charge in [-0.25, -0.2) is 0 Å². The second-order valence-corrected chi connectivity index (χ2v) is 4.62. The monoisotopic (exact) mass is 265 g/mol. The summed E-state index contributed by atoms with van der Waals surface area (Å²) >= 11 is 0. The van der Waals surface area contributed by atoms with Crippen molar-refractivity contribution in [2.24, 2.45) is 0 Å². The highest BCUT2D eigenvalue weighted by Gasteiger charge is 2.07. The van der Waals surface area contributed by atoms with E-state index in [1.807, 2.05) is 6.92 Å². The highest BCUT2D eigenvalue weighted by molar-refractivity contribution is 5.43. The van der Waals surface area contributed by atoms with Crippen LogP contribution in [-0.2, 0) is 11.2 Å². The van der Waals surface area contributed by atoms with Gasteiger partial charge in [-0.15, -0.1) is 0 Å². The maximum absolute atomic E-state index is 5.81. The number of rotatable bonds is 9. The summed E-state index contributed by atoms with van der Waals surface area (Å²) in [4.78, 5) is 0. The molecule has 0 amide bonds. The lowest BCUT2D eigenvalue weighted by Crippen LogP contribution is -2.20. The number of likely N-dealkylation sites (N-methyl/N-ethyl adjacent to an activating group) is 1. The molecule has 1 aromatic carbocycles. The van der Waals surface area contributed by atoms with Crippen LogP contribution in [0.3, 0.4) is 0 Å². The summed E-state index contributed by atoms with van der Waals surface area (Å²) in [6, 6.07) is 4.24. The molecule has 19 heavy (non-hydrogen) atoms. The third kappa shape index (κ3) is 5.21. The van der Waals surface area contributed by atoms with Gasteiger partial charge in [-0.2, -0.15) is 0 Å². The Morgan fingerprint density at radius 3 is 2.53 bits per heavy atom. The van der Waals surface area contributed by atoms with Crippen LogP contribution < -0.4 is 10.1 Å². The first-order valence-electron chi connectivity index (χ1n) is 7.21. The molecule has 0 radical (unpaired) electrons. The van der Waals surface area contributed by atoms with Crippen molar-refractivity contribution in [1.82, 2.24) is 5.32 Å². The minimum atomic E-state index is 0.715. The van der Waals surface area contributed by atoms with E-state index in [0.29, 0.717) is 6.61 Å². The zero-order valence-electron chi connectivity index (χ0n) is 12.7. The molecule has 0 aliphatic rings. The molecule has 3 heteroatoms. The standard InChI is InChI=1S/C16H27NO2/c1-5-17-10-12-19-16-8-7-15(9-11-18-6-2)13(3)14(16)4/h7-8,17H,5-6,9-12H2,1-4H3. The van der Waals surface area contributed by atoms with Crippen LogP contribution in [0.4, 0.5) is 0 Å². The number of benzene rings is 1. The van der Waals surface area contributed by atoms with Crippen LogP contribution >= 0.6 is 0 Å². The molecule has 0 aliphatic carbocycles. The van der Waals surface area contributed by atoms with E-state index in [0.717, 1.165) is 38.5 Å². The van der Waals surface area contributed by atoms with Crippen molar-refractivity contribution in [2.75, 3.05) is 32.9 Å². The van der Waals surface area contributed by atoms with E-state index in [9.17, 15) is 0 Å². The first kappa shape index (κ1) is 16.0. The Morgan fingerprint density at radius 1 is 1.05 bits per heavy atom. The van der Waals surface area contributed by atoms with E-state index in [-0.39, 0.29) is 0 Å². The summed E-state index contributed by atoms with van der Waals surface area (Å²) in [5, 5.41) is 3.26. The molecule has 108 valence electrons. The van der Waals surface area contributed by atoms with Gasteiger partial charge in [0.05, 0.1) is 6.61 Å². The second-order valence-electron chi connectivity index (χ2n) is 4.62. The third-order valence-electron chi connectivity index (χ3n) is 3.36. The van der Waals surface area contributed by atoms with E-state index in [2.05, 4.69) is 38.2 Å². The Balaban J connectivity index is 2.58. The zero-order chi connectivity index (χ0) is 14.1. The Bertz CT molecular complexity index is 377. The molecule has 1 aromatic rings. The summed E-state index contributed by atoms with van der Waals surface area (Å²) in [6.07, 6.45) is 0.970. The van der Waals surface area contributed by atoms with Crippen LogP contribution in [0.1, 0.15) is 30.5 Å². The average molecular weight is 265 g/mol. The Kier molecular flexibility index (Phi) is 7.53. The smallest absolute Gasteiger partial charge is 0.122 e. The van der Waals surface area contributed by atoms with Gasteiger partial charge in [-0.3, -0.25) is 0 Å². The van der Waals surface area contributed by atoms with E-state index in [1.165, 1.54) is 16.7 Å². The van der Waals surface area contributed by atoms with E-state index in [1.54, 1.807) is 0 Å². The van der Waals surface area contributed by atoms with Crippen LogP contribution in [0.25, 0.3) is 0 Å². The molecular weight excluding hydrogens is 238 g/mol.